The third-order valence-electron chi connectivity index (χ3n) is 4.98. The SMILES string of the molecule is CCN(CC)[Si](C)(C)N([SiH](C)C)[Si](C)(C)N(C(C)C)C(C)C. The third-order valence-corrected chi connectivity index (χ3v) is 23.0. The highest BCUT2D eigenvalue weighted by Gasteiger charge is 2.49. The monoisotopic (exact) mass is 361 g/mol. The highest BCUT2D eigenvalue weighted by atomic mass is 28.5. The van der Waals surface area contributed by atoms with Gasteiger partial charge in [-0.2, -0.15) is 0 Å². The first-order valence-corrected chi connectivity index (χ1v) is 17.8. The number of hydrogen-bond donors (Lipinski definition) is 0. The van der Waals surface area contributed by atoms with Crippen molar-refractivity contribution >= 4 is 25.8 Å². The predicted octanol–water partition coefficient (Wildman–Crippen LogP) is 4.14. The van der Waals surface area contributed by atoms with Crippen LogP contribution in [0, 0.1) is 0 Å². The first kappa shape index (κ1) is 22.5. The summed E-state index contributed by atoms with van der Waals surface area (Å²) in [4.78, 5) is 0. The molecule has 0 aromatic rings. The topological polar surface area (TPSA) is 9.72 Å². The van der Waals surface area contributed by atoms with Crippen LogP contribution in [-0.4, -0.2) is 64.0 Å². The maximum absolute atomic E-state index is 3.10. The molecule has 0 saturated carbocycles. The molecule has 0 amide bonds. The van der Waals surface area contributed by atoms with Gasteiger partial charge in [-0.25, -0.2) is 0 Å². The molecule has 0 radical (unpaired) electrons. The molecule has 0 aliphatic heterocycles. The van der Waals surface area contributed by atoms with Crippen molar-refractivity contribution in [2.24, 2.45) is 0 Å². The summed E-state index contributed by atoms with van der Waals surface area (Å²) in [5.41, 5.74) is 0. The van der Waals surface area contributed by atoms with Crippen LogP contribution >= 0.6 is 0 Å². The molecule has 0 fully saturated rings. The molecule has 0 aliphatic carbocycles. The Morgan fingerprint density at radius 1 is 0.773 bits per heavy atom. The number of rotatable bonds is 9. The van der Waals surface area contributed by atoms with Crippen LogP contribution in [0.25, 0.3) is 0 Å². The zero-order chi connectivity index (χ0) is 17.9. The van der Waals surface area contributed by atoms with Crippen molar-refractivity contribution in [1.82, 2.24) is 13.0 Å². The highest BCUT2D eigenvalue weighted by Crippen LogP contribution is 2.29. The largest absolute Gasteiger partial charge is 0.347 e. The molecule has 0 aliphatic rings. The zero-order valence-corrected chi connectivity index (χ0v) is 20.6. The average Bonchev–Trinajstić information content (AvgIpc) is 2.25. The fourth-order valence-corrected chi connectivity index (χ4v) is 26.8. The van der Waals surface area contributed by atoms with Crippen LogP contribution in [0.4, 0.5) is 0 Å². The van der Waals surface area contributed by atoms with Crippen LogP contribution < -0.4 is 0 Å². The Bertz CT molecular complexity index is 319. The molecular formula is C16H43N3Si3. The van der Waals surface area contributed by atoms with Gasteiger partial charge in [0.25, 0.3) is 0 Å². The van der Waals surface area contributed by atoms with E-state index in [1.165, 1.54) is 13.1 Å². The lowest BCUT2D eigenvalue weighted by Crippen LogP contribution is -2.78. The van der Waals surface area contributed by atoms with E-state index in [2.05, 4.69) is 93.9 Å². The van der Waals surface area contributed by atoms with E-state index in [0.717, 1.165) is 0 Å². The van der Waals surface area contributed by atoms with E-state index in [1.54, 1.807) is 0 Å². The molecule has 0 saturated heterocycles. The van der Waals surface area contributed by atoms with Gasteiger partial charge in [0.1, 0.15) is 0 Å². The van der Waals surface area contributed by atoms with Gasteiger partial charge in [-0.3, -0.25) is 0 Å². The Hall–Kier alpha value is 0.531. The molecule has 0 aromatic carbocycles. The second-order valence-corrected chi connectivity index (χ2v) is 20.5. The van der Waals surface area contributed by atoms with Gasteiger partial charge in [0.05, 0.1) is 8.96 Å². The highest BCUT2D eigenvalue weighted by molar-refractivity contribution is 6.97. The Kier molecular flexibility index (Phi) is 8.78. The van der Waals surface area contributed by atoms with Gasteiger partial charge in [-0.05, 0) is 51.4 Å². The molecule has 0 rings (SSSR count). The van der Waals surface area contributed by atoms with Crippen molar-refractivity contribution in [3.05, 3.63) is 0 Å². The minimum Gasteiger partial charge on any atom is -0.347 e. The molecule has 0 bridgehead atoms. The third kappa shape index (κ3) is 4.77. The summed E-state index contributed by atoms with van der Waals surface area (Å²) < 4.78 is 8.72. The van der Waals surface area contributed by atoms with Crippen LogP contribution in [0.1, 0.15) is 41.5 Å². The van der Waals surface area contributed by atoms with Gasteiger partial charge in [-0.1, -0.05) is 54.6 Å². The van der Waals surface area contributed by atoms with Crippen LogP contribution in [0.3, 0.4) is 0 Å². The summed E-state index contributed by atoms with van der Waals surface area (Å²) >= 11 is 0. The second-order valence-electron chi connectivity index (χ2n) is 8.22. The fourth-order valence-electron chi connectivity index (χ4n) is 5.07. The lowest BCUT2D eigenvalue weighted by molar-refractivity contribution is 0.280. The number of nitrogens with zero attached hydrogens (tertiary/aromatic N) is 3. The van der Waals surface area contributed by atoms with Gasteiger partial charge in [0, 0.05) is 0 Å². The van der Waals surface area contributed by atoms with E-state index in [0.29, 0.717) is 12.1 Å². The van der Waals surface area contributed by atoms with E-state index in [-0.39, 0.29) is 0 Å². The smallest absolute Gasteiger partial charge is 0.188 e. The van der Waals surface area contributed by atoms with Crippen LogP contribution in [0.2, 0.25) is 39.3 Å². The molecule has 3 nitrogen and oxygen atoms in total. The van der Waals surface area contributed by atoms with E-state index in [9.17, 15) is 0 Å². The first-order valence-electron chi connectivity index (χ1n) is 9.18. The van der Waals surface area contributed by atoms with E-state index >= 15 is 0 Å². The lowest BCUT2D eigenvalue weighted by atomic mass is 10.3. The Morgan fingerprint density at radius 3 is 1.36 bits per heavy atom. The summed E-state index contributed by atoms with van der Waals surface area (Å²) in [6.45, 7) is 32.0. The summed E-state index contributed by atoms with van der Waals surface area (Å²) in [6, 6.07) is 1.25. The summed E-state index contributed by atoms with van der Waals surface area (Å²) in [5.74, 6) is 0. The van der Waals surface area contributed by atoms with Crippen molar-refractivity contribution in [2.45, 2.75) is 92.9 Å². The lowest BCUT2D eigenvalue weighted by Gasteiger charge is -2.58. The minimum absolute atomic E-state index is 0.624. The van der Waals surface area contributed by atoms with Crippen molar-refractivity contribution in [2.75, 3.05) is 13.1 Å². The summed E-state index contributed by atoms with van der Waals surface area (Å²) in [6.07, 6.45) is 0. The molecule has 0 heterocycles. The molecule has 134 valence electrons. The first-order chi connectivity index (χ1) is 9.85. The summed E-state index contributed by atoms with van der Waals surface area (Å²) in [7, 11) is -4.09. The Labute approximate surface area is 145 Å². The second kappa shape index (κ2) is 8.58. The molecule has 0 N–H and O–H groups in total. The summed E-state index contributed by atoms with van der Waals surface area (Å²) in [5, 5.41) is 0. The maximum Gasteiger partial charge on any atom is 0.188 e. The maximum atomic E-state index is 3.10. The Morgan fingerprint density at radius 2 is 1.14 bits per heavy atom. The van der Waals surface area contributed by atoms with Gasteiger partial charge < -0.3 is 13.0 Å². The van der Waals surface area contributed by atoms with Gasteiger partial charge in [-0.15, -0.1) is 0 Å². The van der Waals surface area contributed by atoms with Gasteiger partial charge in [0.2, 0.25) is 0 Å². The van der Waals surface area contributed by atoms with Crippen molar-refractivity contribution in [1.29, 1.82) is 0 Å². The van der Waals surface area contributed by atoms with Crippen LogP contribution in [-0.2, 0) is 0 Å². The standard InChI is InChI=1S/C16H43N3Si3/c1-13-17(14-2)21(9,10)19(20(7)8)22(11,12)18(15(3)4)16(5)6/h15-16,20H,13-14H2,1-12H3. The molecule has 22 heavy (non-hydrogen) atoms. The van der Waals surface area contributed by atoms with E-state index in [4.69, 9.17) is 0 Å². The number of hydrogen-bond acceptors (Lipinski definition) is 3. The molecule has 0 unspecified atom stereocenters. The van der Waals surface area contributed by atoms with E-state index < -0.39 is 25.8 Å². The zero-order valence-electron chi connectivity index (χ0n) is 17.5. The van der Waals surface area contributed by atoms with Crippen LogP contribution in [0.5, 0.6) is 0 Å². The molecule has 0 atom stereocenters. The normalized spacial score (nSPS) is 14.5. The quantitative estimate of drug-likeness (QED) is 0.572. The molecule has 6 heteroatoms. The van der Waals surface area contributed by atoms with Crippen LogP contribution in [0.15, 0.2) is 0 Å². The Balaban J connectivity index is 5.93. The van der Waals surface area contributed by atoms with Gasteiger partial charge in [0.15, 0.2) is 16.8 Å². The molecular weight excluding hydrogens is 318 g/mol. The molecule has 0 aromatic heterocycles. The van der Waals surface area contributed by atoms with Crippen molar-refractivity contribution in [3.8, 4) is 0 Å². The van der Waals surface area contributed by atoms with Gasteiger partial charge >= 0.3 is 0 Å². The van der Waals surface area contributed by atoms with Crippen molar-refractivity contribution in [3.63, 3.8) is 0 Å². The fraction of sp³-hybridized carbons (Fsp3) is 1.00. The molecule has 0 spiro atoms. The van der Waals surface area contributed by atoms with Crippen molar-refractivity contribution < 1.29 is 0 Å². The average molecular weight is 362 g/mol. The van der Waals surface area contributed by atoms with E-state index in [1.807, 2.05) is 0 Å². The predicted molar refractivity (Wildman–Crippen MR) is 111 cm³/mol. The minimum atomic E-state index is -1.63.